The zero-order chi connectivity index (χ0) is 29.5. The first-order chi connectivity index (χ1) is 21.8. The molecular weight excluding hydrogens is 542 g/mol. The van der Waals surface area contributed by atoms with E-state index in [0.29, 0.717) is 28.8 Å². The van der Waals surface area contributed by atoms with Crippen LogP contribution in [0.4, 0.5) is 0 Å². The largest absolute Gasteiger partial charge is 0.456 e. The Labute approximate surface area is 253 Å². The molecule has 0 aliphatic carbocycles. The van der Waals surface area contributed by atoms with Crippen LogP contribution < -0.4 is 0 Å². The van der Waals surface area contributed by atoms with Crippen LogP contribution in [0.1, 0.15) is 5.76 Å². The summed E-state index contributed by atoms with van der Waals surface area (Å²) in [5.74, 6) is 2.31. The fraction of sp³-hybridized carbons (Fsp3) is 0. The van der Waals surface area contributed by atoms with Crippen molar-refractivity contribution in [3.05, 3.63) is 146 Å². The standard InChI is InChI=1S/C38H25N5O/c1-2-3-22-32-34(37-41-35(25-14-6-4-7-15-25)40-36(42-37)26-16-8-5-9-17-26)33-30(21-12-23-31(33)44-32)43-29-20-11-10-18-27(29)28-19-13-24-39-38(28)43/h2-24H,1H2/b22-3-. The third-order valence-corrected chi connectivity index (χ3v) is 7.70. The van der Waals surface area contributed by atoms with E-state index < -0.39 is 0 Å². The molecule has 0 aliphatic rings. The molecule has 0 atom stereocenters. The number of hydrogen-bond donors (Lipinski definition) is 0. The van der Waals surface area contributed by atoms with Gasteiger partial charge in [-0.25, -0.2) is 19.9 Å². The first-order valence-corrected chi connectivity index (χ1v) is 14.4. The fourth-order valence-corrected chi connectivity index (χ4v) is 5.79. The van der Waals surface area contributed by atoms with Gasteiger partial charge in [0.25, 0.3) is 0 Å². The van der Waals surface area contributed by atoms with E-state index in [1.807, 2.05) is 97.2 Å². The molecule has 6 nitrogen and oxygen atoms in total. The molecule has 0 bridgehead atoms. The lowest BCUT2D eigenvalue weighted by molar-refractivity contribution is 0.605. The second-order valence-electron chi connectivity index (χ2n) is 10.4. The Morgan fingerprint density at radius 2 is 1.30 bits per heavy atom. The summed E-state index contributed by atoms with van der Waals surface area (Å²) in [4.78, 5) is 19.9. The summed E-state index contributed by atoms with van der Waals surface area (Å²) < 4.78 is 8.74. The van der Waals surface area contributed by atoms with Gasteiger partial charge in [0.05, 0.1) is 22.2 Å². The minimum Gasteiger partial charge on any atom is -0.456 e. The molecule has 0 unspecified atom stereocenters. The molecule has 8 aromatic rings. The summed E-state index contributed by atoms with van der Waals surface area (Å²) in [6.45, 7) is 3.88. The minimum absolute atomic E-state index is 0.515. The summed E-state index contributed by atoms with van der Waals surface area (Å²) >= 11 is 0. The van der Waals surface area contributed by atoms with Gasteiger partial charge in [0.2, 0.25) is 0 Å². The van der Waals surface area contributed by atoms with Crippen molar-refractivity contribution in [3.8, 4) is 39.9 Å². The number of para-hydroxylation sites is 1. The number of benzene rings is 4. The number of pyridine rings is 1. The number of furan rings is 1. The Balaban J connectivity index is 1.49. The molecular formula is C38H25N5O. The Bertz CT molecular complexity index is 2240. The van der Waals surface area contributed by atoms with Gasteiger partial charge in [-0.3, -0.25) is 4.57 Å². The van der Waals surface area contributed by atoms with E-state index in [2.05, 4.69) is 47.5 Å². The van der Waals surface area contributed by atoms with Crippen LogP contribution in [-0.2, 0) is 0 Å². The molecule has 4 aromatic heterocycles. The van der Waals surface area contributed by atoms with Gasteiger partial charge in [-0.05, 0) is 36.4 Å². The lowest BCUT2D eigenvalue weighted by Gasteiger charge is -2.11. The van der Waals surface area contributed by atoms with Crippen molar-refractivity contribution in [1.82, 2.24) is 24.5 Å². The SMILES string of the molecule is C=C/C=C\c1oc2cccc(-n3c4ccccc4c4cccnc43)c2c1-c1nc(-c2ccccc2)nc(-c2ccccc2)n1. The van der Waals surface area contributed by atoms with E-state index in [1.54, 1.807) is 6.08 Å². The van der Waals surface area contributed by atoms with Crippen molar-refractivity contribution in [2.75, 3.05) is 0 Å². The molecule has 0 fully saturated rings. The third-order valence-electron chi connectivity index (χ3n) is 7.70. The maximum Gasteiger partial charge on any atom is 0.168 e. The summed E-state index contributed by atoms with van der Waals surface area (Å²) in [5.41, 5.74) is 6.12. The molecule has 0 saturated carbocycles. The molecule has 0 aliphatic heterocycles. The van der Waals surface area contributed by atoms with E-state index >= 15 is 0 Å². The summed E-state index contributed by atoms with van der Waals surface area (Å²) in [5, 5.41) is 3.09. The summed E-state index contributed by atoms with van der Waals surface area (Å²) in [6, 6.07) is 38.5. The number of rotatable bonds is 6. The lowest BCUT2D eigenvalue weighted by Crippen LogP contribution is -2.02. The molecule has 8 rings (SSSR count). The monoisotopic (exact) mass is 567 g/mol. The predicted octanol–water partition coefficient (Wildman–Crippen LogP) is 9.31. The van der Waals surface area contributed by atoms with E-state index in [0.717, 1.165) is 49.7 Å². The van der Waals surface area contributed by atoms with Crippen molar-refractivity contribution in [1.29, 1.82) is 0 Å². The second kappa shape index (κ2) is 10.6. The van der Waals surface area contributed by atoms with Crippen molar-refractivity contribution in [3.63, 3.8) is 0 Å². The van der Waals surface area contributed by atoms with Crippen LogP contribution in [0, 0.1) is 0 Å². The van der Waals surface area contributed by atoms with Gasteiger partial charge in [-0.1, -0.05) is 104 Å². The van der Waals surface area contributed by atoms with Crippen molar-refractivity contribution < 1.29 is 4.42 Å². The van der Waals surface area contributed by atoms with Crippen molar-refractivity contribution in [2.45, 2.75) is 0 Å². The minimum atomic E-state index is 0.515. The number of allylic oxidation sites excluding steroid dienone is 2. The molecule has 0 radical (unpaired) electrons. The van der Waals surface area contributed by atoms with Crippen LogP contribution in [-0.4, -0.2) is 24.5 Å². The molecule has 0 N–H and O–H groups in total. The third kappa shape index (κ3) is 4.20. The number of nitrogens with zero attached hydrogens (tertiary/aromatic N) is 5. The smallest absolute Gasteiger partial charge is 0.168 e. The fourth-order valence-electron chi connectivity index (χ4n) is 5.79. The van der Waals surface area contributed by atoms with Crippen LogP contribution in [0.3, 0.4) is 0 Å². The number of aromatic nitrogens is 5. The van der Waals surface area contributed by atoms with E-state index in [-0.39, 0.29) is 0 Å². The Morgan fingerprint density at radius 1 is 0.636 bits per heavy atom. The zero-order valence-electron chi connectivity index (χ0n) is 23.6. The second-order valence-corrected chi connectivity index (χ2v) is 10.4. The van der Waals surface area contributed by atoms with Gasteiger partial charge in [-0.15, -0.1) is 0 Å². The van der Waals surface area contributed by atoms with E-state index in [1.165, 1.54) is 0 Å². The molecule has 4 heterocycles. The van der Waals surface area contributed by atoms with Crippen molar-refractivity contribution >= 4 is 39.0 Å². The molecule has 44 heavy (non-hydrogen) atoms. The van der Waals surface area contributed by atoms with Gasteiger partial charge in [0.1, 0.15) is 17.0 Å². The van der Waals surface area contributed by atoms with Gasteiger partial charge < -0.3 is 4.42 Å². The average molecular weight is 568 g/mol. The molecule has 208 valence electrons. The quantitative estimate of drug-likeness (QED) is 0.187. The highest BCUT2D eigenvalue weighted by Crippen LogP contribution is 2.41. The first-order valence-electron chi connectivity index (χ1n) is 14.4. The van der Waals surface area contributed by atoms with Crippen LogP contribution in [0.2, 0.25) is 0 Å². The molecule has 6 heteroatoms. The topological polar surface area (TPSA) is 69.6 Å². The summed E-state index contributed by atoms with van der Waals surface area (Å²) in [6.07, 6.45) is 7.33. The highest BCUT2D eigenvalue weighted by atomic mass is 16.3. The van der Waals surface area contributed by atoms with E-state index in [9.17, 15) is 0 Å². The maximum absolute atomic E-state index is 6.54. The molecule has 4 aromatic carbocycles. The van der Waals surface area contributed by atoms with Gasteiger partial charge in [-0.2, -0.15) is 0 Å². The highest BCUT2D eigenvalue weighted by Gasteiger charge is 2.24. The molecule has 0 saturated heterocycles. The maximum atomic E-state index is 6.54. The lowest BCUT2D eigenvalue weighted by atomic mass is 10.1. The Kier molecular flexibility index (Phi) is 6.16. The number of fused-ring (bicyclic) bond motifs is 4. The van der Waals surface area contributed by atoms with Crippen LogP contribution in [0.5, 0.6) is 0 Å². The average Bonchev–Trinajstić information content (AvgIpc) is 3.64. The van der Waals surface area contributed by atoms with Crippen molar-refractivity contribution in [2.24, 2.45) is 0 Å². The Morgan fingerprint density at radius 3 is 2.02 bits per heavy atom. The number of hydrogen-bond acceptors (Lipinski definition) is 5. The van der Waals surface area contributed by atoms with Crippen LogP contribution in [0.25, 0.3) is 78.8 Å². The van der Waals surface area contributed by atoms with E-state index in [4.69, 9.17) is 24.4 Å². The zero-order valence-corrected chi connectivity index (χ0v) is 23.6. The highest BCUT2D eigenvalue weighted by molar-refractivity contribution is 6.11. The predicted molar refractivity (Wildman–Crippen MR) is 177 cm³/mol. The molecule has 0 spiro atoms. The Hall–Kier alpha value is -6.14. The van der Waals surface area contributed by atoms with Gasteiger partial charge >= 0.3 is 0 Å². The summed E-state index contributed by atoms with van der Waals surface area (Å²) in [7, 11) is 0. The van der Waals surface area contributed by atoms with Crippen LogP contribution in [0.15, 0.2) is 145 Å². The normalized spacial score (nSPS) is 11.6. The first kappa shape index (κ1) is 25.6. The van der Waals surface area contributed by atoms with Gasteiger partial charge in [0, 0.05) is 28.1 Å². The van der Waals surface area contributed by atoms with Crippen LogP contribution >= 0.6 is 0 Å². The van der Waals surface area contributed by atoms with Gasteiger partial charge in [0.15, 0.2) is 17.5 Å². The molecule has 0 amide bonds.